The summed E-state index contributed by atoms with van der Waals surface area (Å²) in [5, 5.41) is 3.45. The summed E-state index contributed by atoms with van der Waals surface area (Å²) in [5.41, 5.74) is 2.57. The maximum atomic E-state index is 11.9. The van der Waals surface area contributed by atoms with E-state index in [1.54, 1.807) is 4.31 Å². The van der Waals surface area contributed by atoms with Crippen molar-refractivity contribution in [3.63, 3.8) is 0 Å². The third kappa shape index (κ3) is 1.86. The highest BCUT2D eigenvalue weighted by molar-refractivity contribution is 7.89. The minimum Gasteiger partial charge on any atom is -0.383 e. The van der Waals surface area contributed by atoms with Crippen molar-refractivity contribution in [1.29, 1.82) is 0 Å². The van der Waals surface area contributed by atoms with Crippen molar-refractivity contribution >= 4 is 15.7 Å². The summed E-state index contributed by atoms with van der Waals surface area (Å²) in [4.78, 5) is 2.45. The molecule has 2 atom stereocenters. The van der Waals surface area contributed by atoms with Gasteiger partial charge in [-0.15, -0.1) is 0 Å². The number of anilines is 1. The molecule has 6 heteroatoms. The molecule has 5 nitrogen and oxygen atoms in total. The van der Waals surface area contributed by atoms with Crippen LogP contribution in [0.1, 0.15) is 18.0 Å². The van der Waals surface area contributed by atoms with Crippen LogP contribution in [0.15, 0.2) is 24.3 Å². The number of hydrogen-bond acceptors (Lipinski definition) is 4. The van der Waals surface area contributed by atoms with Crippen LogP contribution < -0.4 is 5.32 Å². The summed E-state index contributed by atoms with van der Waals surface area (Å²) in [7, 11) is -2.96. The average Bonchev–Trinajstić information content (AvgIpc) is 3.00. The molecule has 0 spiro atoms. The van der Waals surface area contributed by atoms with E-state index in [-0.39, 0.29) is 6.04 Å². The molecule has 0 saturated carbocycles. The Hall–Kier alpha value is -1.11. The lowest BCUT2D eigenvalue weighted by Gasteiger charge is -2.39. The number of rotatable bonds is 1. The lowest BCUT2D eigenvalue weighted by molar-refractivity contribution is 0.109. The predicted octanol–water partition coefficient (Wildman–Crippen LogP) is 0.873. The van der Waals surface area contributed by atoms with Crippen LogP contribution in [-0.4, -0.2) is 55.6 Å². The largest absolute Gasteiger partial charge is 0.383 e. The summed E-state index contributed by atoms with van der Waals surface area (Å²) in [5.74, 6) is 0.324. The van der Waals surface area contributed by atoms with Crippen molar-refractivity contribution in [3.8, 4) is 0 Å². The maximum Gasteiger partial charge on any atom is 0.214 e. The Morgan fingerprint density at radius 1 is 1.20 bits per heavy atom. The van der Waals surface area contributed by atoms with Crippen LogP contribution in [0.4, 0.5) is 5.69 Å². The zero-order valence-electron chi connectivity index (χ0n) is 11.3. The van der Waals surface area contributed by atoms with E-state index in [0.29, 0.717) is 18.3 Å². The van der Waals surface area contributed by atoms with E-state index in [2.05, 4.69) is 34.5 Å². The summed E-state index contributed by atoms with van der Waals surface area (Å²) < 4.78 is 25.6. The Morgan fingerprint density at radius 2 is 2.05 bits per heavy atom. The molecule has 108 valence electrons. The second kappa shape index (κ2) is 4.44. The van der Waals surface area contributed by atoms with Gasteiger partial charge in [0.25, 0.3) is 0 Å². The van der Waals surface area contributed by atoms with Gasteiger partial charge in [0.15, 0.2) is 0 Å². The second-order valence-corrected chi connectivity index (χ2v) is 7.89. The topological polar surface area (TPSA) is 52.7 Å². The van der Waals surface area contributed by atoms with Crippen molar-refractivity contribution in [2.24, 2.45) is 0 Å². The molecule has 4 rings (SSSR count). The van der Waals surface area contributed by atoms with Crippen LogP contribution in [0, 0.1) is 0 Å². The highest BCUT2D eigenvalue weighted by atomic mass is 32.2. The van der Waals surface area contributed by atoms with Gasteiger partial charge >= 0.3 is 0 Å². The monoisotopic (exact) mass is 293 g/mol. The van der Waals surface area contributed by atoms with Gasteiger partial charge in [0, 0.05) is 37.9 Å². The number of fused-ring (bicyclic) bond motifs is 2. The average molecular weight is 293 g/mol. The molecule has 0 aliphatic carbocycles. The Balaban J connectivity index is 1.55. The van der Waals surface area contributed by atoms with Gasteiger partial charge in [-0.05, 0) is 18.1 Å². The minimum absolute atomic E-state index is 0.182. The molecule has 1 N–H and O–H groups in total. The first-order valence-corrected chi connectivity index (χ1v) is 8.82. The van der Waals surface area contributed by atoms with Crippen molar-refractivity contribution in [1.82, 2.24) is 9.21 Å². The first-order chi connectivity index (χ1) is 9.65. The van der Waals surface area contributed by atoms with Gasteiger partial charge in [-0.3, -0.25) is 4.90 Å². The second-order valence-electron chi connectivity index (χ2n) is 5.85. The molecular formula is C14H19N3O2S. The first kappa shape index (κ1) is 12.6. The molecule has 0 radical (unpaired) electrons. The Labute approximate surface area is 119 Å². The normalized spacial score (nSPS) is 32.6. The molecule has 2 saturated heterocycles. The van der Waals surface area contributed by atoms with E-state index in [0.717, 1.165) is 26.1 Å². The van der Waals surface area contributed by atoms with Crippen molar-refractivity contribution in [3.05, 3.63) is 29.8 Å². The first-order valence-electron chi connectivity index (χ1n) is 7.21. The summed E-state index contributed by atoms with van der Waals surface area (Å²) >= 11 is 0. The van der Waals surface area contributed by atoms with E-state index in [1.165, 1.54) is 11.3 Å². The number of nitrogens with zero attached hydrogens (tertiary/aromatic N) is 2. The molecular weight excluding hydrogens is 274 g/mol. The molecule has 20 heavy (non-hydrogen) atoms. The van der Waals surface area contributed by atoms with Crippen LogP contribution >= 0.6 is 0 Å². The summed E-state index contributed by atoms with van der Waals surface area (Å²) in [6, 6.07) is 8.99. The van der Waals surface area contributed by atoms with E-state index < -0.39 is 10.0 Å². The van der Waals surface area contributed by atoms with Gasteiger partial charge in [0.2, 0.25) is 10.0 Å². The number of benzene rings is 1. The van der Waals surface area contributed by atoms with Crippen LogP contribution in [0.5, 0.6) is 0 Å². The third-order valence-corrected chi connectivity index (χ3v) is 6.72. The minimum atomic E-state index is -2.96. The zero-order chi connectivity index (χ0) is 13.7. The number of para-hydroxylation sites is 1. The Kier molecular flexibility index (Phi) is 2.80. The van der Waals surface area contributed by atoms with E-state index in [4.69, 9.17) is 0 Å². The number of nitrogens with one attached hydrogen (secondary N) is 1. The lowest BCUT2D eigenvalue weighted by atomic mass is 10.0. The van der Waals surface area contributed by atoms with Gasteiger partial charge in [-0.25, -0.2) is 8.42 Å². The molecule has 3 aliphatic heterocycles. The lowest BCUT2D eigenvalue weighted by Crippen LogP contribution is -2.52. The fourth-order valence-electron chi connectivity index (χ4n) is 3.74. The van der Waals surface area contributed by atoms with E-state index >= 15 is 0 Å². The van der Waals surface area contributed by atoms with Gasteiger partial charge < -0.3 is 5.32 Å². The summed E-state index contributed by atoms with van der Waals surface area (Å²) in [6.07, 6.45) is 0.778. The smallest absolute Gasteiger partial charge is 0.214 e. The Bertz CT molecular complexity index is 631. The fourth-order valence-corrected chi connectivity index (χ4v) is 5.53. The van der Waals surface area contributed by atoms with Crippen LogP contribution in [0.3, 0.4) is 0 Å². The third-order valence-electron chi connectivity index (χ3n) is 4.77. The van der Waals surface area contributed by atoms with Crippen LogP contribution in [0.2, 0.25) is 0 Å². The fraction of sp³-hybridized carbons (Fsp3) is 0.571. The van der Waals surface area contributed by atoms with E-state index in [1.807, 2.05) is 0 Å². The molecule has 0 amide bonds. The van der Waals surface area contributed by atoms with Gasteiger partial charge in [-0.2, -0.15) is 4.31 Å². The molecule has 0 bridgehead atoms. The number of piperazine rings is 1. The standard InChI is InChI=1S/C14H19N3O2S/c18-20(19)8-5-11-10-16(6-7-17(11)20)14-9-15-13-4-2-1-3-12(13)14/h1-4,11,14-15H,5-10H2. The van der Waals surface area contributed by atoms with Gasteiger partial charge in [0.1, 0.15) is 0 Å². The Morgan fingerprint density at radius 3 is 2.95 bits per heavy atom. The SMILES string of the molecule is O=S1(=O)CCC2CN(C3CNc4ccccc43)CCN21. The number of hydrogen-bond donors (Lipinski definition) is 1. The van der Waals surface area contributed by atoms with Gasteiger partial charge in [-0.1, -0.05) is 18.2 Å². The molecule has 3 heterocycles. The molecule has 0 aromatic heterocycles. The summed E-state index contributed by atoms with van der Waals surface area (Å²) in [6.45, 7) is 3.26. The van der Waals surface area contributed by atoms with Gasteiger partial charge in [0.05, 0.1) is 11.8 Å². The number of sulfonamides is 1. The zero-order valence-corrected chi connectivity index (χ0v) is 12.1. The van der Waals surface area contributed by atoms with Crippen molar-refractivity contribution in [2.75, 3.05) is 37.2 Å². The molecule has 2 unspecified atom stereocenters. The predicted molar refractivity (Wildman–Crippen MR) is 78.1 cm³/mol. The molecule has 1 aromatic carbocycles. The quantitative estimate of drug-likeness (QED) is 0.835. The molecule has 2 fully saturated rings. The highest BCUT2D eigenvalue weighted by Gasteiger charge is 2.42. The maximum absolute atomic E-state index is 11.9. The van der Waals surface area contributed by atoms with E-state index in [9.17, 15) is 8.42 Å². The molecule has 3 aliphatic rings. The van der Waals surface area contributed by atoms with Crippen LogP contribution in [0.25, 0.3) is 0 Å². The van der Waals surface area contributed by atoms with Crippen molar-refractivity contribution in [2.45, 2.75) is 18.5 Å². The van der Waals surface area contributed by atoms with Crippen molar-refractivity contribution < 1.29 is 8.42 Å². The molecule has 1 aromatic rings. The van der Waals surface area contributed by atoms with Crippen LogP contribution in [-0.2, 0) is 10.0 Å². The highest BCUT2D eigenvalue weighted by Crippen LogP contribution is 2.36.